The van der Waals surface area contributed by atoms with E-state index >= 15 is 0 Å². The van der Waals surface area contributed by atoms with Gasteiger partial charge in [0.05, 0.1) is 0 Å². The molecule has 0 aromatic heterocycles. The maximum Gasteiger partial charge on any atom is 0.317 e. The number of carbonyl (C=O) groups is 2. The van der Waals surface area contributed by atoms with Crippen LogP contribution in [0.3, 0.4) is 0 Å². The minimum atomic E-state index is -0.792. The van der Waals surface area contributed by atoms with Crippen LogP contribution in [0.2, 0.25) is 0 Å². The summed E-state index contributed by atoms with van der Waals surface area (Å²) < 4.78 is 0. The molecule has 5 heteroatoms. The van der Waals surface area contributed by atoms with Gasteiger partial charge >= 0.3 is 12.0 Å². The second-order valence-electron chi connectivity index (χ2n) is 5.74. The zero-order valence-electron chi connectivity index (χ0n) is 12.3. The van der Waals surface area contributed by atoms with Gasteiger partial charge in [0, 0.05) is 25.6 Å². The normalized spacial score (nSPS) is 19.3. The van der Waals surface area contributed by atoms with Gasteiger partial charge in [0.15, 0.2) is 0 Å². The van der Waals surface area contributed by atoms with Crippen LogP contribution in [0.25, 0.3) is 0 Å². The maximum atomic E-state index is 12.1. The molecule has 2 N–H and O–H groups in total. The van der Waals surface area contributed by atoms with Crippen molar-refractivity contribution in [3.05, 3.63) is 35.9 Å². The molecule has 114 valence electrons. The van der Waals surface area contributed by atoms with Gasteiger partial charge in [0.1, 0.15) is 0 Å². The van der Waals surface area contributed by atoms with Gasteiger partial charge in [0.2, 0.25) is 0 Å². The van der Waals surface area contributed by atoms with Gasteiger partial charge in [-0.2, -0.15) is 0 Å². The van der Waals surface area contributed by atoms with E-state index in [2.05, 4.69) is 5.32 Å². The van der Waals surface area contributed by atoms with Crippen LogP contribution < -0.4 is 5.32 Å². The molecule has 1 aromatic rings. The molecule has 21 heavy (non-hydrogen) atoms. The number of likely N-dealkylation sites (tertiary alicyclic amines) is 1. The number of amides is 2. The Bertz CT molecular complexity index is 490. The van der Waals surface area contributed by atoms with E-state index in [0.717, 1.165) is 12.8 Å². The van der Waals surface area contributed by atoms with Gasteiger partial charge in [-0.15, -0.1) is 0 Å². The summed E-state index contributed by atoms with van der Waals surface area (Å²) in [6.45, 7) is 3.16. The highest BCUT2D eigenvalue weighted by Gasteiger charge is 2.28. The molecule has 5 nitrogen and oxygen atoms in total. The Hall–Kier alpha value is -2.04. The molecule has 1 aliphatic rings. The molecule has 1 saturated heterocycles. The molecule has 0 saturated carbocycles. The predicted octanol–water partition coefficient (Wildman–Crippen LogP) is 2.12. The van der Waals surface area contributed by atoms with Crippen molar-refractivity contribution in [3.63, 3.8) is 0 Å². The fourth-order valence-corrected chi connectivity index (χ4v) is 2.75. The number of nitrogens with one attached hydrogen (secondary N) is 1. The Morgan fingerprint density at radius 3 is 2.76 bits per heavy atom. The third-order valence-electron chi connectivity index (χ3n) is 3.79. The molecule has 1 fully saturated rings. The molecule has 2 atom stereocenters. The van der Waals surface area contributed by atoms with E-state index < -0.39 is 5.97 Å². The van der Waals surface area contributed by atoms with Crippen molar-refractivity contribution in [2.75, 3.05) is 13.1 Å². The Labute approximate surface area is 125 Å². The van der Waals surface area contributed by atoms with Crippen molar-refractivity contribution < 1.29 is 14.7 Å². The lowest BCUT2D eigenvalue weighted by molar-refractivity contribution is -0.138. The van der Waals surface area contributed by atoms with E-state index in [1.165, 1.54) is 5.56 Å². The number of hydrogen-bond acceptors (Lipinski definition) is 2. The zero-order chi connectivity index (χ0) is 15.2. The minimum absolute atomic E-state index is 0.0541. The molecule has 1 aromatic carbocycles. The topological polar surface area (TPSA) is 69.6 Å². The number of carboxylic acids is 1. The van der Waals surface area contributed by atoms with Gasteiger partial charge < -0.3 is 15.3 Å². The molecule has 1 aliphatic heterocycles. The van der Waals surface area contributed by atoms with E-state index in [4.69, 9.17) is 5.11 Å². The van der Waals surface area contributed by atoms with E-state index in [9.17, 15) is 9.59 Å². The fraction of sp³-hybridized carbons (Fsp3) is 0.500. The Kier molecular flexibility index (Phi) is 5.20. The van der Waals surface area contributed by atoms with Crippen LogP contribution in [0, 0.1) is 5.92 Å². The average molecular weight is 290 g/mol. The van der Waals surface area contributed by atoms with E-state index in [0.29, 0.717) is 13.1 Å². The highest BCUT2D eigenvalue weighted by molar-refractivity contribution is 5.75. The van der Waals surface area contributed by atoms with E-state index in [1.807, 2.05) is 37.3 Å². The molecule has 0 spiro atoms. The van der Waals surface area contributed by atoms with Crippen LogP contribution in [-0.2, 0) is 11.2 Å². The number of nitrogens with zero attached hydrogens (tertiary/aromatic N) is 1. The smallest absolute Gasteiger partial charge is 0.317 e. The molecular formula is C16H22N2O3. The summed E-state index contributed by atoms with van der Waals surface area (Å²) in [5.41, 5.74) is 1.19. The first-order chi connectivity index (χ1) is 10.0. The van der Waals surface area contributed by atoms with Crippen molar-refractivity contribution >= 4 is 12.0 Å². The second-order valence-corrected chi connectivity index (χ2v) is 5.74. The van der Waals surface area contributed by atoms with E-state index in [-0.39, 0.29) is 24.4 Å². The lowest BCUT2D eigenvalue weighted by atomic mass is 10.1. The van der Waals surface area contributed by atoms with Gasteiger partial charge in [-0.25, -0.2) is 4.79 Å². The Morgan fingerprint density at radius 1 is 1.38 bits per heavy atom. The number of rotatable bonds is 5. The summed E-state index contributed by atoms with van der Waals surface area (Å²) in [7, 11) is 0. The molecular weight excluding hydrogens is 268 g/mol. The summed E-state index contributed by atoms with van der Waals surface area (Å²) in [5.74, 6) is -0.711. The second kappa shape index (κ2) is 7.11. The molecule has 2 rings (SSSR count). The van der Waals surface area contributed by atoms with Crippen LogP contribution in [0.1, 0.15) is 25.3 Å². The third kappa shape index (κ3) is 4.77. The average Bonchev–Trinajstić information content (AvgIpc) is 2.87. The first kappa shape index (κ1) is 15.4. The largest absolute Gasteiger partial charge is 0.481 e. The highest BCUT2D eigenvalue weighted by atomic mass is 16.4. The quantitative estimate of drug-likeness (QED) is 0.872. The van der Waals surface area contributed by atoms with Crippen molar-refractivity contribution in [1.29, 1.82) is 0 Å². The number of urea groups is 1. The number of hydrogen-bond donors (Lipinski definition) is 2. The summed E-state index contributed by atoms with van der Waals surface area (Å²) in [6, 6.07) is 9.99. The van der Waals surface area contributed by atoms with Crippen molar-refractivity contribution in [2.45, 2.75) is 32.2 Å². The predicted molar refractivity (Wildman–Crippen MR) is 80.1 cm³/mol. The summed E-state index contributed by atoms with van der Waals surface area (Å²) >= 11 is 0. The molecule has 0 radical (unpaired) electrons. The van der Waals surface area contributed by atoms with Crippen molar-refractivity contribution in [1.82, 2.24) is 10.2 Å². The molecule has 0 aliphatic carbocycles. The van der Waals surface area contributed by atoms with Crippen molar-refractivity contribution in [3.8, 4) is 0 Å². The summed E-state index contributed by atoms with van der Waals surface area (Å²) in [6.07, 6.45) is 1.70. The van der Waals surface area contributed by atoms with Crippen LogP contribution in [0.5, 0.6) is 0 Å². The SMILES string of the molecule is CC(Cc1ccccc1)NC(=O)N1CCC(CC(=O)O)C1. The zero-order valence-corrected chi connectivity index (χ0v) is 12.3. The Balaban J connectivity index is 1.78. The van der Waals surface area contributed by atoms with Crippen LogP contribution >= 0.6 is 0 Å². The fourth-order valence-electron chi connectivity index (χ4n) is 2.75. The monoisotopic (exact) mass is 290 g/mol. The lowest BCUT2D eigenvalue weighted by Gasteiger charge is -2.21. The standard InChI is InChI=1S/C16H22N2O3/c1-12(9-13-5-3-2-4-6-13)17-16(21)18-8-7-14(11-18)10-15(19)20/h2-6,12,14H,7-11H2,1H3,(H,17,21)(H,19,20). The first-order valence-electron chi connectivity index (χ1n) is 7.35. The number of benzene rings is 1. The Morgan fingerprint density at radius 2 is 2.10 bits per heavy atom. The minimum Gasteiger partial charge on any atom is -0.481 e. The summed E-state index contributed by atoms with van der Waals surface area (Å²) in [4.78, 5) is 24.6. The van der Waals surface area contributed by atoms with Gasteiger partial charge in [-0.1, -0.05) is 30.3 Å². The molecule has 1 heterocycles. The van der Waals surface area contributed by atoms with Crippen molar-refractivity contribution in [2.24, 2.45) is 5.92 Å². The molecule has 2 amide bonds. The van der Waals surface area contributed by atoms with Gasteiger partial charge in [-0.3, -0.25) is 4.79 Å². The number of carbonyl (C=O) groups excluding carboxylic acids is 1. The van der Waals surface area contributed by atoms with Crippen LogP contribution in [0.15, 0.2) is 30.3 Å². The first-order valence-corrected chi connectivity index (χ1v) is 7.35. The van der Waals surface area contributed by atoms with Crippen LogP contribution in [0.4, 0.5) is 4.79 Å². The third-order valence-corrected chi connectivity index (χ3v) is 3.79. The maximum absolute atomic E-state index is 12.1. The molecule has 0 bridgehead atoms. The highest BCUT2D eigenvalue weighted by Crippen LogP contribution is 2.19. The van der Waals surface area contributed by atoms with Gasteiger partial charge in [0.25, 0.3) is 0 Å². The van der Waals surface area contributed by atoms with Crippen LogP contribution in [-0.4, -0.2) is 41.1 Å². The van der Waals surface area contributed by atoms with E-state index in [1.54, 1.807) is 4.90 Å². The molecule has 2 unspecified atom stereocenters. The van der Waals surface area contributed by atoms with Gasteiger partial charge in [-0.05, 0) is 31.2 Å². The lowest BCUT2D eigenvalue weighted by Crippen LogP contribution is -2.43. The number of aliphatic carboxylic acids is 1. The summed E-state index contributed by atoms with van der Waals surface area (Å²) in [5, 5.41) is 11.8. The number of carboxylic acid groups (broad SMARTS) is 1.